The molecule has 1 fully saturated rings. The van der Waals surface area contributed by atoms with E-state index in [2.05, 4.69) is 0 Å². The Bertz CT molecular complexity index is 461. The summed E-state index contributed by atoms with van der Waals surface area (Å²) >= 11 is 1.27. The van der Waals surface area contributed by atoms with Crippen LogP contribution in [0.3, 0.4) is 0 Å². The smallest absolute Gasteiger partial charge is 0.353 e. The lowest BCUT2D eigenvalue weighted by molar-refractivity contribution is -0.149. The Morgan fingerprint density at radius 1 is 1.61 bits per heavy atom. The third-order valence-corrected chi connectivity index (χ3v) is 4.03. The van der Waals surface area contributed by atoms with Gasteiger partial charge < -0.3 is 15.6 Å². The van der Waals surface area contributed by atoms with Crippen LogP contribution in [0.2, 0.25) is 0 Å². The first-order chi connectivity index (χ1) is 8.49. The highest BCUT2D eigenvalue weighted by Gasteiger charge is 2.52. The number of hydrogen-bond donors (Lipinski definition) is 2. The van der Waals surface area contributed by atoms with E-state index in [1.54, 1.807) is 6.92 Å². The van der Waals surface area contributed by atoms with E-state index in [-0.39, 0.29) is 23.6 Å². The Labute approximate surface area is 107 Å². The van der Waals surface area contributed by atoms with Gasteiger partial charge in [0.25, 0.3) is 0 Å². The van der Waals surface area contributed by atoms with Crippen LogP contribution in [-0.2, 0) is 19.1 Å². The fourth-order valence-corrected chi connectivity index (χ4v) is 3.16. The molecular formula is C10H12N2O5S. The highest BCUT2D eigenvalue weighted by atomic mass is 32.2. The van der Waals surface area contributed by atoms with Gasteiger partial charge in [0, 0.05) is 5.75 Å². The molecule has 0 bridgehead atoms. The minimum Gasteiger partial charge on any atom is -0.477 e. The van der Waals surface area contributed by atoms with E-state index in [0.717, 1.165) is 4.90 Å². The molecule has 98 valence electrons. The molecule has 0 aromatic heterocycles. The van der Waals surface area contributed by atoms with Gasteiger partial charge in [0.2, 0.25) is 5.91 Å². The molecule has 8 heteroatoms. The number of carboxylic acids is 1. The number of rotatable bonds is 3. The number of thioether (sulfide) groups is 1. The van der Waals surface area contributed by atoms with Crippen molar-refractivity contribution >= 4 is 29.6 Å². The van der Waals surface area contributed by atoms with Gasteiger partial charge in [0.05, 0.1) is 12.2 Å². The van der Waals surface area contributed by atoms with Crippen molar-refractivity contribution in [1.29, 1.82) is 0 Å². The van der Waals surface area contributed by atoms with E-state index in [9.17, 15) is 14.4 Å². The number of carboxylic acid groups (broad SMARTS) is 1. The third kappa shape index (κ3) is 1.77. The number of nitrogens with zero attached hydrogens (tertiary/aromatic N) is 1. The van der Waals surface area contributed by atoms with E-state index < -0.39 is 29.3 Å². The molecule has 0 saturated carbocycles. The predicted molar refractivity (Wildman–Crippen MR) is 62.4 cm³/mol. The fraction of sp³-hybridized carbons (Fsp3) is 0.500. The van der Waals surface area contributed by atoms with E-state index in [0.29, 0.717) is 0 Å². The first-order valence-electron chi connectivity index (χ1n) is 5.32. The summed E-state index contributed by atoms with van der Waals surface area (Å²) in [6.07, 6.45) is 0. The van der Waals surface area contributed by atoms with E-state index >= 15 is 0 Å². The average molecular weight is 272 g/mol. The lowest BCUT2D eigenvalue weighted by Crippen LogP contribution is -2.68. The van der Waals surface area contributed by atoms with Crippen LogP contribution in [0.4, 0.5) is 0 Å². The normalized spacial score (nSPS) is 26.6. The van der Waals surface area contributed by atoms with Gasteiger partial charge in [-0.1, -0.05) is 0 Å². The molecule has 2 aliphatic heterocycles. The van der Waals surface area contributed by atoms with Crippen molar-refractivity contribution in [3.05, 3.63) is 11.3 Å². The quantitative estimate of drug-likeness (QED) is 0.507. The second kappa shape index (κ2) is 4.62. The number of β-lactam (4-membered cyclic amide) rings is 1. The average Bonchev–Trinajstić information content (AvgIpc) is 2.36. The van der Waals surface area contributed by atoms with Crippen LogP contribution in [0.25, 0.3) is 0 Å². The van der Waals surface area contributed by atoms with Crippen molar-refractivity contribution in [3.8, 4) is 0 Å². The van der Waals surface area contributed by atoms with Crippen molar-refractivity contribution in [2.45, 2.75) is 18.3 Å². The number of ether oxygens (including phenoxy) is 1. The minimum atomic E-state index is -1.32. The molecular weight excluding hydrogens is 260 g/mol. The minimum absolute atomic E-state index is 0.00542. The molecule has 0 spiro atoms. The van der Waals surface area contributed by atoms with Gasteiger partial charge in [-0.25, -0.2) is 9.59 Å². The zero-order valence-corrected chi connectivity index (χ0v) is 10.4. The molecule has 1 saturated heterocycles. The van der Waals surface area contributed by atoms with Crippen molar-refractivity contribution in [1.82, 2.24) is 4.90 Å². The molecule has 2 atom stereocenters. The summed E-state index contributed by atoms with van der Waals surface area (Å²) in [5.41, 5.74) is 5.28. The number of esters is 1. The number of aliphatic carboxylic acids is 1. The first-order valence-corrected chi connectivity index (χ1v) is 6.37. The number of nitrogens with two attached hydrogens (primary N) is 1. The Balaban J connectivity index is 2.38. The maximum absolute atomic E-state index is 11.7. The molecule has 7 nitrogen and oxygen atoms in total. The summed E-state index contributed by atoms with van der Waals surface area (Å²) in [4.78, 5) is 35.5. The summed E-state index contributed by atoms with van der Waals surface area (Å²) < 4.78 is 4.79. The number of carbonyl (C=O) groups is 3. The molecule has 0 aromatic carbocycles. The SMILES string of the molecule is CCOC(=O)C1=C(C(=O)O)N2C(=O)C(N)[C@H]2SC1. The molecule has 3 N–H and O–H groups in total. The summed E-state index contributed by atoms with van der Waals surface area (Å²) in [7, 11) is 0. The zero-order chi connectivity index (χ0) is 13.4. The fourth-order valence-electron chi connectivity index (χ4n) is 1.89. The van der Waals surface area contributed by atoms with Crippen molar-refractivity contribution in [2.24, 2.45) is 5.73 Å². The van der Waals surface area contributed by atoms with Gasteiger partial charge in [-0.3, -0.25) is 9.69 Å². The highest BCUT2D eigenvalue weighted by Crippen LogP contribution is 2.39. The first kappa shape index (κ1) is 12.9. The largest absolute Gasteiger partial charge is 0.477 e. The van der Waals surface area contributed by atoms with Crippen LogP contribution in [0.5, 0.6) is 0 Å². The number of hydrogen-bond acceptors (Lipinski definition) is 6. The van der Waals surface area contributed by atoms with Crippen molar-refractivity contribution in [2.75, 3.05) is 12.4 Å². The van der Waals surface area contributed by atoms with Crippen LogP contribution in [-0.4, -0.2) is 51.6 Å². The lowest BCUT2D eigenvalue weighted by atomic mass is 10.0. The molecule has 0 aliphatic carbocycles. The molecule has 2 heterocycles. The summed E-state index contributed by atoms with van der Waals surface area (Å²) in [6, 6.07) is -0.701. The van der Waals surface area contributed by atoms with Crippen molar-refractivity contribution in [3.63, 3.8) is 0 Å². The summed E-state index contributed by atoms with van der Waals surface area (Å²) in [6.45, 7) is 1.78. The maximum Gasteiger partial charge on any atom is 0.353 e. The monoisotopic (exact) mass is 272 g/mol. The topological polar surface area (TPSA) is 110 Å². The number of amides is 1. The Morgan fingerprint density at radius 3 is 2.83 bits per heavy atom. The van der Waals surface area contributed by atoms with E-state index in [4.69, 9.17) is 15.6 Å². The number of fused-ring (bicyclic) bond motifs is 1. The van der Waals surface area contributed by atoms with Gasteiger partial charge in [-0.05, 0) is 6.92 Å². The predicted octanol–water partition coefficient (Wildman–Crippen LogP) is -0.869. The Kier molecular flexibility index (Phi) is 3.31. The summed E-state index contributed by atoms with van der Waals surface area (Å²) in [5, 5.41) is 8.74. The molecule has 1 amide bonds. The maximum atomic E-state index is 11.7. The molecule has 2 rings (SSSR count). The van der Waals surface area contributed by atoms with Gasteiger partial charge >= 0.3 is 11.9 Å². The zero-order valence-electron chi connectivity index (χ0n) is 9.58. The molecule has 18 heavy (non-hydrogen) atoms. The van der Waals surface area contributed by atoms with Crippen LogP contribution in [0.1, 0.15) is 6.92 Å². The Morgan fingerprint density at radius 2 is 2.28 bits per heavy atom. The Hall–Kier alpha value is -1.54. The van der Waals surface area contributed by atoms with Crippen LogP contribution in [0, 0.1) is 0 Å². The van der Waals surface area contributed by atoms with Gasteiger partial charge in [-0.2, -0.15) is 0 Å². The highest BCUT2D eigenvalue weighted by molar-refractivity contribution is 8.00. The second-order valence-electron chi connectivity index (χ2n) is 3.79. The van der Waals surface area contributed by atoms with Gasteiger partial charge in [0.15, 0.2) is 0 Å². The van der Waals surface area contributed by atoms with Crippen LogP contribution < -0.4 is 5.73 Å². The molecule has 2 aliphatic rings. The standard InChI is InChI=1S/C10H12N2O5S/c1-2-17-10(16)4-3-18-8-5(11)7(13)12(8)6(4)9(14)15/h5,8H,2-3,11H2,1H3,(H,14,15)/t5?,8-/m1/s1. The summed E-state index contributed by atoms with van der Waals surface area (Å²) in [5.74, 6) is -2.31. The molecule has 1 unspecified atom stereocenters. The van der Waals surface area contributed by atoms with E-state index in [1.165, 1.54) is 11.8 Å². The van der Waals surface area contributed by atoms with Crippen molar-refractivity contribution < 1.29 is 24.2 Å². The third-order valence-electron chi connectivity index (χ3n) is 2.73. The van der Waals surface area contributed by atoms with Gasteiger partial charge in [0.1, 0.15) is 17.1 Å². The number of carbonyl (C=O) groups excluding carboxylic acids is 2. The van der Waals surface area contributed by atoms with Gasteiger partial charge in [-0.15, -0.1) is 11.8 Å². The molecule has 0 radical (unpaired) electrons. The lowest BCUT2D eigenvalue weighted by Gasteiger charge is -2.47. The van der Waals surface area contributed by atoms with Crippen LogP contribution in [0.15, 0.2) is 11.3 Å². The van der Waals surface area contributed by atoms with E-state index in [1.807, 2.05) is 0 Å². The van der Waals surface area contributed by atoms with Crippen LogP contribution >= 0.6 is 11.8 Å². The molecule has 0 aromatic rings. The second-order valence-corrected chi connectivity index (χ2v) is 4.89.